The molecule has 0 saturated heterocycles. The van der Waals surface area contributed by atoms with Gasteiger partial charge in [-0.3, -0.25) is 4.98 Å². The molecule has 1 aromatic heterocycles. The molecular formula is C16H13FIN3. The smallest absolute Gasteiger partial charge is 0.138 e. The van der Waals surface area contributed by atoms with Crippen molar-refractivity contribution >= 4 is 50.6 Å². The second-order valence-corrected chi connectivity index (χ2v) is 5.97. The van der Waals surface area contributed by atoms with Crippen molar-refractivity contribution in [3.05, 3.63) is 57.5 Å². The minimum atomic E-state index is -0.295. The van der Waals surface area contributed by atoms with Crippen LogP contribution in [-0.4, -0.2) is 4.98 Å². The van der Waals surface area contributed by atoms with E-state index in [0.717, 1.165) is 22.3 Å². The third kappa shape index (κ3) is 2.78. The van der Waals surface area contributed by atoms with Crippen molar-refractivity contribution in [2.24, 2.45) is 0 Å². The Balaban J connectivity index is 2.10. The van der Waals surface area contributed by atoms with E-state index in [1.807, 2.05) is 59.8 Å². The molecule has 3 aromatic rings. The van der Waals surface area contributed by atoms with Crippen molar-refractivity contribution in [1.29, 1.82) is 0 Å². The Morgan fingerprint density at radius 3 is 2.76 bits per heavy atom. The summed E-state index contributed by atoms with van der Waals surface area (Å²) in [5.74, 6) is -0.295. The van der Waals surface area contributed by atoms with E-state index < -0.39 is 0 Å². The van der Waals surface area contributed by atoms with Gasteiger partial charge in [0, 0.05) is 17.1 Å². The van der Waals surface area contributed by atoms with Crippen LogP contribution in [0.1, 0.15) is 5.69 Å². The Kier molecular flexibility index (Phi) is 3.67. The van der Waals surface area contributed by atoms with Gasteiger partial charge in [0.15, 0.2) is 0 Å². The fraction of sp³-hybridized carbons (Fsp3) is 0.0625. The van der Waals surface area contributed by atoms with Gasteiger partial charge in [-0.25, -0.2) is 4.39 Å². The predicted molar refractivity (Wildman–Crippen MR) is 93.3 cm³/mol. The fourth-order valence-corrected chi connectivity index (χ4v) is 2.65. The summed E-state index contributed by atoms with van der Waals surface area (Å²) in [7, 11) is 0. The first-order chi connectivity index (χ1) is 10.0. The molecule has 0 unspecified atom stereocenters. The van der Waals surface area contributed by atoms with Gasteiger partial charge in [0.25, 0.3) is 0 Å². The first-order valence-electron chi connectivity index (χ1n) is 6.42. The monoisotopic (exact) mass is 393 g/mol. The number of aryl methyl sites for hydroxylation is 1. The normalized spacial score (nSPS) is 10.8. The van der Waals surface area contributed by atoms with Crippen LogP contribution in [0.5, 0.6) is 0 Å². The van der Waals surface area contributed by atoms with Gasteiger partial charge in [-0.1, -0.05) is 18.2 Å². The first kappa shape index (κ1) is 14.1. The molecule has 3 rings (SSSR count). The van der Waals surface area contributed by atoms with E-state index in [2.05, 4.69) is 10.3 Å². The molecule has 0 saturated carbocycles. The molecule has 106 valence electrons. The molecule has 21 heavy (non-hydrogen) atoms. The third-order valence-corrected chi connectivity index (χ3v) is 4.05. The lowest BCUT2D eigenvalue weighted by molar-refractivity contribution is 0.621. The molecule has 1 heterocycles. The van der Waals surface area contributed by atoms with E-state index in [4.69, 9.17) is 5.73 Å². The summed E-state index contributed by atoms with van der Waals surface area (Å²) in [6.07, 6.45) is 0. The summed E-state index contributed by atoms with van der Waals surface area (Å²) < 4.78 is 14.2. The standard InChI is InChI=1S/C16H13FIN3/c1-9-5-6-10-3-2-4-14(16(10)20-9)21-15-7-11(17)12(18)8-13(15)19/h2-8,21H,19H2,1H3. The lowest BCUT2D eigenvalue weighted by atomic mass is 10.1. The number of nitrogens with one attached hydrogen (secondary N) is 1. The van der Waals surface area contributed by atoms with Crippen LogP contribution in [-0.2, 0) is 0 Å². The highest BCUT2D eigenvalue weighted by molar-refractivity contribution is 14.1. The maximum absolute atomic E-state index is 13.7. The summed E-state index contributed by atoms with van der Waals surface area (Å²) in [4.78, 5) is 4.54. The first-order valence-corrected chi connectivity index (χ1v) is 7.50. The van der Waals surface area contributed by atoms with Crippen LogP contribution in [0, 0.1) is 16.3 Å². The number of halogens is 2. The predicted octanol–water partition coefficient (Wildman–Crippen LogP) is 4.61. The lowest BCUT2D eigenvalue weighted by Gasteiger charge is -2.12. The Morgan fingerprint density at radius 2 is 1.95 bits per heavy atom. The molecular weight excluding hydrogens is 380 g/mol. The van der Waals surface area contributed by atoms with E-state index in [1.54, 1.807) is 6.07 Å². The zero-order valence-corrected chi connectivity index (χ0v) is 13.5. The maximum Gasteiger partial charge on any atom is 0.138 e. The summed E-state index contributed by atoms with van der Waals surface area (Å²) in [5.41, 5.74) is 9.59. The Labute approximate surface area is 135 Å². The molecule has 0 fully saturated rings. The van der Waals surface area contributed by atoms with Gasteiger partial charge in [0.05, 0.1) is 26.1 Å². The average Bonchev–Trinajstić information content (AvgIpc) is 2.45. The van der Waals surface area contributed by atoms with Crippen LogP contribution in [0.3, 0.4) is 0 Å². The zero-order valence-electron chi connectivity index (χ0n) is 11.3. The molecule has 0 aliphatic rings. The molecule has 0 amide bonds. The van der Waals surface area contributed by atoms with Gasteiger partial charge in [0.2, 0.25) is 0 Å². The minimum Gasteiger partial charge on any atom is -0.397 e. The van der Waals surface area contributed by atoms with Crippen molar-refractivity contribution < 1.29 is 4.39 Å². The molecule has 3 nitrogen and oxygen atoms in total. The molecule has 0 atom stereocenters. The Hall–Kier alpha value is -1.89. The van der Waals surface area contributed by atoms with Crippen LogP contribution < -0.4 is 11.1 Å². The molecule has 0 bridgehead atoms. The summed E-state index contributed by atoms with van der Waals surface area (Å²) >= 11 is 1.92. The molecule has 3 N–H and O–H groups in total. The number of benzene rings is 2. The third-order valence-electron chi connectivity index (χ3n) is 3.22. The highest BCUT2D eigenvalue weighted by Crippen LogP contribution is 2.30. The van der Waals surface area contributed by atoms with Crippen molar-refractivity contribution in [2.45, 2.75) is 6.92 Å². The summed E-state index contributed by atoms with van der Waals surface area (Å²) in [6, 6.07) is 12.8. The number of rotatable bonds is 2. The van der Waals surface area contributed by atoms with Crippen molar-refractivity contribution in [1.82, 2.24) is 4.98 Å². The largest absolute Gasteiger partial charge is 0.397 e. The van der Waals surface area contributed by atoms with E-state index >= 15 is 0 Å². The van der Waals surface area contributed by atoms with Crippen LogP contribution in [0.2, 0.25) is 0 Å². The van der Waals surface area contributed by atoms with Crippen LogP contribution >= 0.6 is 22.6 Å². The lowest BCUT2D eigenvalue weighted by Crippen LogP contribution is -2.00. The summed E-state index contributed by atoms with van der Waals surface area (Å²) in [6.45, 7) is 1.94. The Morgan fingerprint density at radius 1 is 1.14 bits per heavy atom. The number of nitrogens with two attached hydrogens (primary N) is 1. The number of anilines is 3. The van der Waals surface area contributed by atoms with Crippen molar-refractivity contribution in [2.75, 3.05) is 11.1 Å². The molecule has 2 aromatic carbocycles. The second kappa shape index (κ2) is 5.48. The quantitative estimate of drug-likeness (QED) is 0.494. The number of hydrogen-bond donors (Lipinski definition) is 2. The van der Waals surface area contributed by atoms with Crippen molar-refractivity contribution in [3.8, 4) is 0 Å². The second-order valence-electron chi connectivity index (χ2n) is 4.81. The molecule has 0 spiro atoms. The van der Waals surface area contributed by atoms with Gasteiger partial charge < -0.3 is 11.1 Å². The minimum absolute atomic E-state index is 0.295. The number of hydrogen-bond acceptors (Lipinski definition) is 3. The molecule has 0 aliphatic carbocycles. The average molecular weight is 393 g/mol. The topological polar surface area (TPSA) is 50.9 Å². The van der Waals surface area contributed by atoms with E-state index in [9.17, 15) is 4.39 Å². The number of nitrogens with zero attached hydrogens (tertiary/aromatic N) is 1. The van der Waals surface area contributed by atoms with Gasteiger partial charge in [-0.15, -0.1) is 0 Å². The molecule has 0 radical (unpaired) electrons. The number of pyridine rings is 1. The van der Waals surface area contributed by atoms with E-state index in [-0.39, 0.29) is 5.82 Å². The highest BCUT2D eigenvalue weighted by atomic mass is 127. The van der Waals surface area contributed by atoms with Gasteiger partial charge in [-0.05, 0) is 47.7 Å². The van der Waals surface area contributed by atoms with Crippen LogP contribution in [0.15, 0.2) is 42.5 Å². The SMILES string of the molecule is Cc1ccc2cccc(Nc3cc(F)c(I)cc3N)c2n1. The fourth-order valence-electron chi connectivity index (χ4n) is 2.16. The molecule has 0 aliphatic heterocycles. The van der Waals surface area contributed by atoms with Crippen molar-refractivity contribution in [3.63, 3.8) is 0 Å². The van der Waals surface area contributed by atoms with Crippen LogP contribution in [0.25, 0.3) is 10.9 Å². The molecule has 5 heteroatoms. The van der Waals surface area contributed by atoms with E-state index in [1.165, 1.54) is 6.07 Å². The van der Waals surface area contributed by atoms with Gasteiger partial charge in [-0.2, -0.15) is 0 Å². The van der Waals surface area contributed by atoms with Gasteiger partial charge in [0.1, 0.15) is 5.82 Å². The van der Waals surface area contributed by atoms with Gasteiger partial charge >= 0.3 is 0 Å². The summed E-state index contributed by atoms with van der Waals surface area (Å²) in [5, 5.41) is 4.20. The number of aromatic nitrogens is 1. The Bertz CT molecular complexity index is 833. The zero-order chi connectivity index (χ0) is 15.0. The number of para-hydroxylation sites is 1. The number of fused-ring (bicyclic) bond motifs is 1. The van der Waals surface area contributed by atoms with E-state index in [0.29, 0.717) is 14.9 Å². The highest BCUT2D eigenvalue weighted by Gasteiger charge is 2.08. The number of nitrogen functional groups attached to an aromatic ring is 1. The van der Waals surface area contributed by atoms with Crippen LogP contribution in [0.4, 0.5) is 21.5 Å². The maximum atomic E-state index is 13.7.